The molecule has 0 unspecified atom stereocenters. The van der Waals surface area contributed by atoms with Gasteiger partial charge in [0.1, 0.15) is 11.3 Å². The summed E-state index contributed by atoms with van der Waals surface area (Å²) in [5.74, 6) is 0.737. The van der Waals surface area contributed by atoms with Gasteiger partial charge in [0.05, 0.1) is 11.4 Å². The first kappa shape index (κ1) is 13.3. The van der Waals surface area contributed by atoms with Gasteiger partial charge in [-0.25, -0.2) is 9.37 Å². The maximum atomic E-state index is 13.8. The Morgan fingerprint density at radius 3 is 2.72 bits per heavy atom. The standard InChI is InChI=1S/C14H18ClFN2/c1-4-8-14(2,3)18-11-7-5-6-10(16)13(11)17-12(18)9-15/h5-7H,4,8-9H2,1-3H3. The highest BCUT2D eigenvalue weighted by molar-refractivity contribution is 6.16. The first-order valence-electron chi connectivity index (χ1n) is 6.23. The summed E-state index contributed by atoms with van der Waals surface area (Å²) in [4.78, 5) is 4.34. The molecule has 4 heteroatoms. The van der Waals surface area contributed by atoms with Gasteiger partial charge in [0.2, 0.25) is 0 Å². The summed E-state index contributed by atoms with van der Waals surface area (Å²) < 4.78 is 15.8. The SMILES string of the molecule is CCCC(C)(C)n1c(CCl)nc2c(F)cccc21. The molecule has 1 aromatic heterocycles. The highest BCUT2D eigenvalue weighted by Gasteiger charge is 2.25. The molecule has 0 atom stereocenters. The van der Waals surface area contributed by atoms with Crippen molar-refractivity contribution >= 4 is 22.6 Å². The molecule has 2 rings (SSSR count). The Morgan fingerprint density at radius 1 is 1.39 bits per heavy atom. The van der Waals surface area contributed by atoms with Gasteiger partial charge in [-0.05, 0) is 32.4 Å². The lowest BCUT2D eigenvalue weighted by atomic mass is 9.98. The van der Waals surface area contributed by atoms with Gasteiger partial charge >= 0.3 is 0 Å². The summed E-state index contributed by atoms with van der Waals surface area (Å²) in [7, 11) is 0. The zero-order valence-corrected chi connectivity index (χ0v) is 11.8. The van der Waals surface area contributed by atoms with Gasteiger partial charge in [-0.15, -0.1) is 11.6 Å². The molecule has 0 aliphatic carbocycles. The third-order valence-corrected chi connectivity index (χ3v) is 3.53. The molecule has 1 heterocycles. The van der Waals surface area contributed by atoms with Crippen molar-refractivity contribution < 1.29 is 4.39 Å². The molecule has 0 amide bonds. The highest BCUT2D eigenvalue weighted by Crippen LogP contribution is 2.30. The summed E-state index contributed by atoms with van der Waals surface area (Å²) in [6, 6.07) is 5.05. The third-order valence-electron chi connectivity index (χ3n) is 3.29. The van der Waals surface area contributed by atoms with Crippen LogP contribution in [0, 0.1) is 5.82 Å². The number of hydrogen-bond donors (Lipinski definition) is 0. The largest absolute Gasteiger partial charge is 0.321 e. The van der Waals surface area contributed by atoms with E-state index < -0.39 is 0 Å². The lowest BCUT2D eigenvalue weighted by Gasteiger charge is -2.28. The number of fused-ring (bicyclic) bond motifs is 1. The van der Waals surface area contributed by atoms with Crippen LogP contribution in [0.1, 0.15) is 39.4 Å². The molecular formula is C14H18ClFN2. The lowest BCUT2D eigenvalue weighted by Crippen LogP contribution is -2.27. The molecular weight excluding hydrogens is 251 g/mol. The van der Waals surface area contributed by atoms with Crippen LogP contribution in [0.2, 0.25) is 0 Å². The van der Waals surface area contributed by atoms with Crippen molar-refractivity contribution in [1.82, 2.24) is 9.55 Å². The molecule has 2 nitrogen and oxygen atoms in total. The van der Waals surface area contributed by atoms with Gasteiger partial charge in [0.25, 0.3) is 0 Å². The fourth-order valence-corrected chi connectivity index (χ4v) is 2.78. The molecule has 1 aromatic carbocycles. The molecule has 0 bridgehead atoms. The normalized spacial score (nSPS) is 12.3. The summed E-state index contributed by atoms with van der Waals surface area (Å²) in [5.41, 5.74) is 1.13. The Kier molecular flexibility index (Phi) is 3.62. The van der Waals surface area contributed by atoms with Crippen molar-refractivity contribution in [3.05, 3.63) is 29.8 Å². The number of nitrogens with zero attached hydrogens (tertiary/aromatic N) is 2. The van der Waals surface area contributed by atoms with Crippen LogP contribution in [-0.4, -0.2) is 9.55 Å². The predicted octanol–water partition coefficient (Wildman–Crippen LogP) is 4.45. The van der Waals surface area contributed by atoms with Crippen LogP contribution in [0.25, 0.3) is 11.0 Å². The van der Waals surface area contributed by atoms with Gasteiger partial charge in [0.15, 0.2) is 5.82 Å². The molecule has 0 aliphatic heterocycles. The van der Waals surface area contributed by atoms with E-state index in [9.17, 15) is 4.39 Å². The van der Waals surface area contributed by atoms with E-state index in [0.29, 0.717) is 11.4 Å². The van der Waals surface area contributed by atoms with Gasteiger partial charge in [-0.2, -0.15) is 0 Å². The minimum Gasteiger partial charge on any atom is -0.321 e. The molecule has 0 radical (unpaired) electrons. The minimum atomic E-state index is -0.287. The van der Waals surface area contributed by atoms with E-state index in [2.05, 4.69) is 30.3 Å². The number of rotatable bonds is 4. The van der Waals surface area contributed by atoms with Crippen molar-refractivity contribution in [3.63, 3.8) is 0 Å². The smallest absolute Gasteiger partial charge is 0.151 e. The molecule has 2 aromatic rings. The van der Waals surface area contributed by atoms with E-state index in [0.717, 1.165) is 24.2 Å². The predicted molar refractivity (Wildman–Crippen MR) is 73.5 cm³/mol. The molecule has 0 N–H and O–H groups in total. The highest BCUT2D eigenvalue weighted by atomic mass is 35.5. The van der Waals surface area contributed by atoms with Crippen LogP contribution in [0.4, 0.5) is 4.39 Å². The van der Waals surface area contributed by atoms with E-state index in [1.165, 1.54) is 6.07 Å². The summed E-state index contributed by atoms with van der Waals surface area (Å²) in [5, 5.41) is 0. The quantitative estimate of drug-likeness (QED) is 0.749. The second kappa shape index (κ2) is 4.88. The van der Waals surface area contributed by atoms with Crippen LogP contribution >= 0.6 is 11.6 Å². The van der Waals surface area contributed by atoms with Gasteiger partial charge in [-0.3, -0.25) is 0 Å². The Labute approximate surface area is 112 Å². The molecule has 18 heavy (non-hydrogen) atoms. The van der Waals surface area contributed by atoms with Gasteiger partial charge < -0.3 is 4.57 Å². The zero-order chi connectivity index (χ0) is 13.3. The molecule has 0 fully saturated rings. The Bertz CT molecular complexity index is 560. The van der Waals surface area contributed by atoms with Gasteiger partial charge in [0, 0.05) is 5.54 Å². The van der Waals surface area contributed by atoms with Crippen molar-refractivity contribution in [2.24, 2.45) is 0 Å². The Balaban J connectivity index is 2.71. The van der Waals surface area contributed by atoms with Gasteiger partial charge in [-0.1, -0.05) is 19.4 Å². The minimum absolute atomic E-state index is 0.110. The molecule has 0 spiro atoms. The summed E-state index contributed by atoms with van der Waals surface area (Å²) in [6.45, 7) is 6.42. The van der Waals surface area contributed by atoms with Crippen LogP contribution < -0.4 is 0 Å². The summed E-state index contributed by atoms with van der Waals surface area (Å²) >= 11 is 5.96. The number of aromatic nitrogens is 2. The molecule has 0 aliphatic rings. The van der Waals surface area contributed by atoms with E-state index in [1.54, 1.807) is 6.07 Å². The average molecular weight is 269 g/mol. The lowest BCUT2D eigenvalue weighted by molar-refractivity contribution is 0.326. The van der Waals surface area contributed by atoms with E-state index in [-0.39, 0.29) is 11.4 Å². The number of halogens is 2. The van der Waals surface area contributed by atoms with Crippen molar-refractivity contribution in [2.75, 3.05) is 0 Å². The van der Waals surface area contributed by atoms with E-state index >= 15 is 0 Å². The number of para-hydroxylation sites is 1. The van der Waals surface area contributed by atoms with Crippen LogP contribution in [0.5, 0.6) is 0 Å². The van der Waals surface area contributed by atoms with E-state index in [4.69, 9.17) is 11.6 Å². The molecule has 0 saturated carbocycles. The Morgan fingerprint density at radius 2 is 2.11 bits per heavy atom. The monoisotopic (exact) mass is 268 g/mol. The molecule has 0 saturated heterocycles. The maximum absolute atomic E-state index is 13.8. The first-order valence-corrected chi connectivity index (χ1v) is 6.77. The third kappa shape index (κ3) is 2.12. The van der Waals surface area contributed by atoms with Crippen LogP contribution in [0.15, 0.2) is 18.2 Å². The van der Waals surface area contributed by atoms with Crippen molar-refractivity contribution in [2.45, 2.75) is 45.0 Å². The maximum Gasteiger partial charge on any atom is 0.151 e. The second-order valence-electron chi connectivity index (χ2n) is 5.17. The number of alkyl halides is 1. The number of hydrogen-bond acceptors (Lipinski definition) is 1. The van der Waals surface area contributed by atoms with E-state index in [1.807, 2.05) is 6.07 Å². The van der Waals surface area contributed by atoms with Crippen LogP contribution in [0.3, 0.4) is 0 Å². The zero-order valence-electron chi connectivity index (χ0n) is 11.0. The number of benzene rings is 1. The first-order chi connectivity index (χ1) is 8.51. The summed E-state index contributed by atoms with van der Waals surface area (Å²) in [6.07, 6.45) is 2.06. The topological polar surface area (TPSA) is 17.8 Å². The average Bonchev–Trinajstić information content (AvgIpc) is 2.69. The van der Waals surface area contributed by atoms with Crippen molar-refractivity contribution in [3.8, 4) is 0 Å². The fraction of sp³-hybridized carbons (Fsp3) is 0.500. The van der Waals surface area contributed by atoms with Crippen LogP contribution in [-0.2, 0) is 11.4 Å². The number of imidazole rings is 1. The molecule has 98 valence electrons. The Hall–Kier alpha value is -1.09. The second-order valence-corrected chi connectivity index (χ2v) is 5.43. The fourth-order valence-electron chi connectivity index (χ4n) is 2.60. The van der Waals surface area contributed by atoms with Crippen molar-refractivity contribution in [1.29, 1.82) is 0 Å².